The molecule has 3 heteroatoms. The van der Waals surface area contributed by atoms with Gasteiger partial charge in [0, 0.05) is 0 Å². The summed E-state index contributed by atoms with van der Waals surface area (Å²) >= 11 is 1.10. The molecular formula is C2HNOS. The summed E-state index contributed by atoms with van der Waals surface area (Å²) in [5.41, 5.74) is 0. The molecule has 0 atom stereocenters. The van der Waals surface area contributed by atoms with E-state index in [1.165, 1.54) is 6.40 Å². The fourth-order valence-electron chi connectivity index (χ4n) is 0.108. The Bertz CT molecular complexity index is 47.6. The number of hydrogen-bond donors (Lipinski definition) is 0. The van der Waals surface area contributed by atoms with Gasteiger partial charge in [-0.1, -0.05) is 0 Å². The molecule has 0 fully saturated rings. The van der Waals surface area contributed by atoms with Crippen molar-refractivity contribution in [3.63, 3.8) is 0 Å². The summed E-state index contributed by atoms with van der Waals surface area (Å²) < 4.78 is 4.46. The monoisotopic (exact) mass is 87.0 g/mol. The van der Waals surface area contributed by atoms with Crippen molar-refractivity contribution < 1.29 is 4.18 Å². The van der Waals surface area contributed by atoms with Crippen molar-refractivity contribution in [3.05, 3.63) is 5.88 Å². The van der Waals surface area contributed by atoms with Crippen LogP contribution < -0.4 is 0 Å². The maximum Gasteiger partial charge on any atom is 0.228 e. The molecule has 26 valence electrons. The maximum absolute atomic E-state index is 4.46. The topological polar surface area (TPSA) is 21.6 Å². The van der Waals surface area contributed by atoms with Crippen molar-refractivity contribution in [3.8, 4) is 0 Å². The van der Waals surface area contributed by atoms with Crippen molar-refractivity contribution >= 4 is 18.4 Å². The van der Waals surface area contributed by atoms with Gasteiger partial charge in [-0.15, -0.1) is 0 Å². The molecule has 0 bridgehead atoms. The molecule has 2 radical (unpaired) electrons. The predicted molar refractivity (Wildman–Crippen MR) is 20.4 cm³/mol. The van der Waals surface area contributed by atoms with Gasteiger partial charge < -0.3 is 4.18 Å². The van der Waals surface area contributed by atoms with Gasteiger partial charge in [0.1, 0.15) is 0 Å². The van der Waals surface area contributed by atoms with Crippen LogP contribution >= 0.6 is 12.0 Å². The van der Waals surface area contributed by atoms with Crippen LogP contribution in [0.2, 0.25) is 0 Å². The molecule has 5 heavy (non-hydrogen) atoms. The van der Waals surface area contributed by atoms with Crippen LogP contribution in [0.3, 0.4) is 0 Å². The first kappa shape index (κ1) is 3.03. The number of nitrogens with zero attached hydrogens (tertiary/aromatic N) is 1. The van der Waals surface area contributed by atoms with Crippen LogP contribution in [0.5, 0.6) is 0 Å². The highest BCUT2D eigenvalue weighted by atomic mass is 32.2. The molecule has 1 aliphatic rings. The van der Waals surface area contributed by atoms with Crippen LogP contribution in [-0.4, -0.2) is 6.40 Å². The smallest absolute Gasteiger partial charge is 0.228 e. The third-order valence-electron chi connectivity index (χ3n) is 0.234. The van der Waals surface area contributed by atoms with E-state index in [0.717, 1.165) is 12.0 Å². The highest BCUT2D eigenvalue weighted by Gasteiger charge is 1.90. The standard InChI is InChI=1S/C2HNOS/c1-3-2-5-4-1/h1H. The minimum atomic E-state index is 1.10. The first-order chi connectivity index (χ1) is 2.50. The quantitative estimate of drug-likeness (QED) is 0.405. The lowest BCUT2D eigenvalue weighted by Crippen LogP contribution is -1.55. The molecule has 0 aromatic rings. The zero-order chi connectivity index (χ0) is 3.54. The van der Waals surface area contributed by atoms with Gasteiger partial charge in [0.15, 0.2) is 6.40 Å². The van der Waals surface area contributed by atoms with Gasteiger partial charge in [-0.3, -0.25) is 0 Å². The lowest BCUT2D eigenvalue weighted by atomic mass is 11.3. The third kappa shape index (κ3) is 0.545. The van der Waals surface area contributed by atoms with E-state index in [9.17, 15) is 0 Å². The minimum Gasteiger partial charge on any atom is -0.411 e. The molecule has 0 N–H and O–H groups in total. The van der Waals surface area contributed by atoms with Gasteiger partial charge in [0.05, 0.1) is 12.0 Å². The maximum atomic E-state index is 4.46. The largest absolute Gasteiger partial charge is 0.411 e. The van der Waals surface area contributed by atoms with E-state index in [2.05, 4.69) is 15.1 Å². The van der Waals surface area contributed by atoms with Crippen molar-refractivity contribution in [2.75, 3.05) is 0 Å². The predicted octanol–water partition coefficient (Wildman–Crippen LogP) is 0.689. The summed E-state index contributed by atoms with van der Waals surface area (Å²) in [6.07, 6.45) is 1.34. The normalized spacial score (nSPS) is 19.2. The first-order valence-corrected chi connectivity index (χ1v) is 1.83. The minimum absolute atomic E-state index is 1.10. The van der Waals surface area contributed by atoms with Crippen molar-refractivity contribution in [1.29, 1.82) is 0 Å². The molecule has 1 aliphatic heterocycles. The van der Waals surface area contributed by atoms with E-state index >= 15 is 0 Å². The molecule has 0 saturated heterocycles. The summed E-state index contributed by atoms with van der Waals surface area (Å²) in [5, 5.41) is 0. The fourth-order valence-corrected chi connectivity index (χ4v) is 0.323. The number of rotatable bonds is 0. The summed E-state index contributed by atoms with van der Waals surface area (Å²) in [4.78, 5) is 3.45. The lowest BCUT2D eigenvalue weighted by Gasteiger charge is -1.71. The number of hydrogen-bond acceptors (Lipinski definition) is 3. The molecule has 0 amide bonds. The second kappa shape index (κ2) is 1.31. The van der Waals surface area contributed by atoms with Gasteiger partial charge in [-0.25, -0.2) is 4.99 Å². The second-order valence-corrected chi connectivity index (χ2v) is 1.05. The summed E-state index contributed by atoms with van der Waals surface area (Å²) in [6, 6.07) is 0. The molecule has 0 aromatic carbocycles. The first-order valence-electron chi connectivity index (χ1n) is 1.09. The summed E-state index contributed by atoms with van der Waals surface area (Å²) in [6.45, 7) is 0. The van der Waals surface area contributed by atoms with Crippen LogP contribution in [0.1, 0.15) is 0 Å². The lowest BCUT2D eigenvalue weighted by molar-refractivity contribution is 0.691. The summed E-state index contributed by atoms with van der Waals surface area (Å²) in [5.74, 6) is 2.49. The molecule has 1 heterocycles. The van der Waals surface area contributed by atoms with Crippen molar-refractivity contribution in [2.24, 2.45) is 4.99 Å². The SMILES string of the molecule is [C]1N=COS1. The van der Waals surface area contributed by atoms with E-state index < -0.39 is 0 Å². The Morgan fingerprint density at radius 1 is 2.00 bits per heavy atom. The molecule has 2 nitrogen and oxygen atoms in total. The Balaban J connectivity index is 2.32. The van der Waals surface area contributed by atoms with Crippen LogP contribution in [0.4, 0.5) is 0 Å². The third-order valence-corrected chi connectivity index (χ3v) is 0.596. The van der Waals surface area contributed by atoms with Crippen LogP contribution in [0, 0.1) is 5.88 Å². The van der Waals surface area contributed by atoms with E-state index in [0.29, 0.717) is 0 Å². The molecule has 0 unspecified atom stereocenters. The van der Waals surface area contributed by atoms with Gasteiger partial charge in [0.25, 0.3) is 0 Å². The van der Waals surface area contributed by atoms with E-state index in [4.69, 9.17) is 0 Å². The highest BCUT2D eigenvalue weighted by molar-refractivity contribution is 7.97. The van der Waals surface area contributed by atoms with Crippen LogP contribution in [0.25, 0.3) is 0 Å². The van der Waals surface area contributed by atoms with Gasteiger partial charge >= 0.3 is 0 Å². The highest BCUT2D eigenvalue weighted by Crippen LogP contribution is 2.10. The average Bonchev–Trinajstić information content (AvgIpc) is 1.76. The Kier molecular flexibility index (Phi) is 0.792. The summed E-state index contributed by atoms with van der Waals surface area (Å²) in [7, 11) is 0. The molecule has 0 saturated carbocycles. The molecule has 0 spiro atoms. The van der Waals surface area contributed by atoms with E-state index in [1.54, 1.807) is 0 Å². The van der Waals surface area contributed by atoms with Crippen LogP contribution in [0.15, 0.2) is 4.99 Å². The zero-order valence-electron chi connectivity index (χ0n) is 2.34. The van der Waals surface area contributed by atoms with Gasteiger partial charge in [-0.05, 0) is 0 Å². The fraction of sp³-hybridized carbons (Fsp3) is 0. The van der Waals surface area contributed by atoms with E-state index in [-0.39, 0.29) is 0 Å². The molecule has 1 rings (SSSR count). The Hall–Kier alpha value is -0.180. The average molecular weight is 87.1 g/mol. The second-order valence-electron chi connectivity index (χ2n) is 0.505. The zero-order valence-corrected chi connectivity index (χ0v) is 3.16. The Morgan fingerprint density at radius 3 is 3.20 bits per heavy atom. The van der Waals surface area contributed by atoms with Crippen molar-refractivity contribution in [1.82, 2.24) is 0 Å². The molecule has 0 aliphatic carbocycles. The molecule has 0 aromatic heterocycles. The molecular weight excluding hydrogens is 86.1 g/mol. The van der Waals surface area contributed by atoms with Crippen LogP contribution in [-0.2, 0) is 4.18 Å². The van der Waals surface area contributed by atoms with E-state index in [1.807, 2.05) is 0 Å². The van der Waals surface area contributed by atoms with Crippen molar-refractivity contribution in [2.45, 2.75) is 0 Å². The Morgan fingerprint density at radius 2 is 3.00 bits per heavy atom. The van der Waals surface area contributed by atoms with Gasteiger partial charge in [0.2, 0.25) is 5.88 Å². The van der Waals surface area contributed by atoms with Gasteiger partial charge in [-0.2, -0.15) is 0 Å². The number of aliphatic imine (C=N–C) groups is 1. The Labute approximate surface area is 34.4 Å².